The first-order chi connectivity index (χ1) is 14.4. The van der Waals surface area contributed by atoms with E-state index in [2.05, 4.69) is 38.2 Å². The second-order valence-electron chi connectivity index (χ2n) is 7.00. The molecule has 2 N–H and O–H groups in total. The molecule has 0 unspecified atom stereocenters. The zero-order valence-corrected chi connectivity index (χ0v) is 19.3. The van der Waals surface area contributed by atoms with Gasteiger partial charge >= 0.3 is 0 Å². The van der Waals surface area contributed by atoms with Crippen LogP contribution in [-0.4, -0.2) is 16.0 Å². The quantitative estimate of drug-likeness (QED) is 0.259. The number of oxazole rings is 1. The van der Waals surface area contributed by atoms with Crippen LogP contribution in [-0.2, 0) is 0 Å². The molecule has 4 aromatic rings. The highest BCUT2D eigenvalue weighted by molar-refractivity contribution is 14.1. The molecule has 0 saturated carbocycles. The fourth-order valence-corrected chi connectivity index (χ4v) is 3.95. The van der Waals surface area contributed by atoms with E-state index in [-0.39, 0.29) is 11.0 Å². The highest BCUT2D eigenvalue weighted by Crippen LogP contribution is 2.27. The number of anilines is 1. The molecule has 0 aliphatic carbocycles. The average molecular weight is 527 g/mol. The van der Waals surface area contributed by atoms with Gasteiger partial charge in [0.25, 0.3) is 5.91 Å². The predicted molar refractivity (Wildman–Crippen MR) is 132 cm³/mol. The van der Waals surface area contributed by atoms with Crippen LogP contribution in [0.2, 0.25) is 0 Å². The van der Waals surface area contributed by atoms with Gasteiger partial charge in [-0.1, -0.05) is 23.3 Å². The third kappa shape index (κ3) is 4.68. The fraction of sp³-hybridized carbons (Fsp3) is 0.0870. The highest BCUT2D eigenvalue weighted by atomic mass is 127. The summed E-state index contributed by atoms with van der Waals surface area (Å²) in [6, 6.07) is 19.1. The van der Waals surface area contributed by atoms with Crippen LogP contribution in [0.3, 0.4) is 0 Å². The fourth-order valence-electron chi connectivity index (χ4n) is 3.19. The molecule has 1 amide bonds. The number of thiocarbonyl (C=S) groups is 1. The van der Waals surface area contributed by atoms with Crippen molar-refractivity contribution in [3.05, 3.63) is 80.9 Å². The summed E-state index contributed by atoms with van der Waals surface area (Å²) in [4.78, 5) is 17.1. The number of nitrogens with one attached hydrogen (secondary N) is 2. The van der Waals surface area contributed by atoms with E-state index in [9.17, 15) is 4.79 Å². The zero-order chi connectivity index (χ0) is 21.3. The van der Waals surface area contributed by atoms with E-state index in [1.807, 2.05) is 74.5 Å². The lowest BCUT2D eigenvalue weighted by Crippen LogP contribution is -2.34. The van der Waals surface area contributed by atoms with Crippen molar-refractivity contribution < 1.29 is 9.21 Å². The molecule has 150 valence electrons. The van der Waals surface area contributed by atoms with Gasteiger partial charge in [0.1, 0.15) is 5.52 Å². The van der Waals surface area contributed by atoms with Crippen LogP contribution in [0.1, 0.15) is 21.5 Å². The number of halogens is 1. The van der Waals surface area contributed by atoms with Gasteiger partial charge in [0, 0.05) is 20.4 Å². The summed E-state index contributed by atoms with van der Waals surface area (Å²) in [5, 5.41) is 5.98. The Hall–Kier alpha value is -2.78. The minimum atomic E-state index is -0.247. The number of benzene rings is 3. The first-order valence-electron chi connectivity index (χ1n) is 9.24. The van der Waals surface area contributed by atoms with Crippen molar-refractivity contribution in [3.63, 3.8) is 0 Å². The maximum absolute atomic E-state index is 12.5. The van der Waals surface area contributed by atoms with E-state index in [1.165, 1.54) is 0 Å². The summed E-state index contributed by atoms with van der Waals surface area (Å²) >= 11 is 7.57. The molecule has 3 aromatic carbocycles. The largest absolute Gasteiger partial charge is 0.436 e. The van der Waals surface area contributed by atoms with Gasteiger partial charge in [-0.25, -0.2) is 4.98 Å². The molecule has 0 radical (unpaired) electrons. The number of carbonyl (C=O) groups excluding carboxylic acids is 1. The van der Waals surface area contributed by atoms with Crippen LogP contribution < -0.4 is 10.6 Å². The normalized spacial score (nSPS) is 10.8. The molecule has 0 spiro atoms. The second-order valence-corrected chi connectivity index (χ2v) is 8.65. The summed E-state index contributed by atoms with van der Waals surface area (Å²) in [6.07, 6.45) is 0. The Balaban J connectivity index is 1.49. The molecule has 0 bridgehead atoms. The van der Waals surface area contributed by atoms with Crippen molar-refractivity contribution >= 4 is 62.6 Å². The summed E-state index contributed by atoms with van der Waals surface area (Å²) in [5.74, 6) is 0.314. The van der Waals surface area contributed by atoms with Crippen LogP contribution >= 0.6 is 34.8 Å². The van der Waals surface area contributed by atoms with Gasteiger partial charge in [-0.05, 0) is 97.2 Å². The zero-order valence-electron chi connectivity index (χ0n) is 16.3. The molecule has 0 atom stereocenters. The molecule has 30 heavy (non-hydrogen) atoms. The number of amides is 1. The van der Waals surface area contributed by atoms with E-state index in [1.54, 1.807) is 0 Å². The lowest BCUT2D eigenvalue weighted by molar-refractivity contribution is 0.0977. The number of fused-ring (bicyclic) bond motifs is 1. The lowest BCUT2D eigenvalue weighted by atomic mass is 10.1. The predicted octanol–water partition coefficient (Wildman–Crippen LogP) is 5.84. The van der Waals surface area contributed by atoms with E-state index in [0.717, 1.165) is 25.9 Å². The summed E-state index contributed by atoms with van der Waals surface area (Å²) in [5.41, 5.74) is 5.65. The van der Waals surface area contributed by atoms with E-state index < -0.39 is 0 Å². The molecule has 1 heterocycles. The van der Waals surface area contributed by atoms with Crippen LogP contribution in [0, 0.1) is 17.4 Å². The Bertz CT molecular complexity index is 1260. The third-order valence-electron chi connectivity index (χ3n) is 4.43. The lowest BCUT2D eigenvalue weighted by Gasteiger charge is -2.10. The monoisotopic (exact) mass is 527 g/mol. The van der Waals surface area contributed by atoms with Gasteiger partial charge in [0.05, 0.1) is 0 Å². The number of hydrogen-bond acceptors (Lipinski definition) is 4. The maximum Gasteiger partial charge on any atom is 0.257 e. The highest BCUT2D eigenvalue weighted by Gasteiger charge is 2.12. The SMILES string of the molecule is Cc1cc(C)cc(C(=O)NC(=S)Nc2ccc3oc(-c4cccc(I)c4)nc3c2)c1. The number of nitrogens with zero attached hydrogens (tertiary/aromatic N) is 1. The molecule has 0 aliphatic heterocycles. The van der Waals surface area contributed by atoms with Crippen molar-refractivity contribution in [2.45, 2.75) is 13.8 Å². The van der Waals surface area contributed by atoms with Gasteiger partial charge in [0.15, 0.2) is 10.7 Å². The molecule has 4 rings (SSSR count). The Labute approximate surface area is 193 Å². The first-order valence-corrected chi connectivity index (χ1v) is 10.7. The molecule has 0 aliphatic rings. The Morgan fingerprint density at radius 2 is 1.80 bits per heavy atom. The minimum Gasteiger partial charge on any atom is -0.436 e. The molecular formula is C23H18IN3O2S. The summed E-state index contributed by atoms with van der Waals surface area (Å²) in [7, 11) is 0. The first kappa shape index (κ1) is 20.5. The Morgan fingerprint density at radius 3 is 2.53 bits per heavy atom. The Morgan fingerprint density at radius 1 is 1.03 bits per heavy atom. The number of hydrogen-bond donors (Lipinski definition) is 2. The van der Waals surface area contributed by atoms with E-state index in [4.69, 9.17) is 16.6 Å². The van der Waals surface area contributed by atoms with Crippen molar-refractivity contribution in [1.82, 2.24) is 10.3 Å². The van der Waals surface area contributed by atoms with Crippen LogP contribution in [0.15, 0.2) is 65.1 Å². The summed E-state index contributed by atoms with van der Waals surface area (Å²) < 4.78 is 6.98. The minimum absolute atomic E-state index is 0.222. The van der Waals surface area contributed by atoms with Crippen LogP contribution in [0.4, 0.5) is 5.69 Å². The van der Waals surface area contributed by atoms with Gasteiger partial charge in [0.2, 0.25) is 5.89 Å². The van der Waals surface area contributed by atoms with Crippen molar-refractivity contribution in [1.29, 1.82) is 0 Å². The van der Waals surface area contributed by atoms with E-state index in [0.29, 0.717) is 22.6 Å². The Kier molecular flexibility index (Phi) is 5.83. The van der Waals surface area contributed by atoms with Crippen molar-refractivity contribution in [2.24, 2.45) is 0 Å². The standard InChI is InChI=1S/C23H18IN3O2S/c1-13-8-14(2)10-16(9-13)21(28)27-23(30)25-18-6-7-20-19(12-18)26-22(29-20)15-4-3-5-17(24)11-15/h3-12H,1-2H3,(H2,25,27,28,30). The number of carbonyl (C=O) groups is 1. The van der Waals surface area contributed by atoms with Crippen LogP contribution in [0.25, 0.3) is 22.6 Å². The van der Waals surface area contributed by atoms with Gasteiger partial charge in [-0.15, -0.1) is 0 Å². The van der Waals surface area contributed by atoms with Gasteiger partial charge in [-0.2, -0.15) is 0 Å². The average Bonchev–Trinajstić information content (AvgIpc) is 3.10. The number of aromatic nitrogens is 1. The van der Waals surface area contributed by atoms with Crippen molar-refractivity contribution in [2.75, 3.05) is 5.32 Å². The number of aryl methyl sites for hydroxylation is 2. The molecular weight excluding hydrogens is 509 g/mol. The molecule has 5 nitrogen and oxygen atoms in total. The number of rotatable bonds is 3. The third-order valence-corrected chi connectivity index (χ3v) is 5.30. The van der Waals surface area contributed by atoms with Gasteiger partial charge < -0.3 is 9.73 Å². The molecule has 0 saturated heterocycles. The topological polar surface area (TPSA) is 67.2 Å². The van der Waals surface area contributed by atoms with E-state index >= 15 is 0 Å². The second kappa shape index (κ2) is 8.53. The molecule has 0 fully saturated rings. The molecule has 7 heteroatoms. The van der Waals surface area contributed by atoms with Crippen LogP contribution in [0.5, 0.6) is 0 Å². The van der Waals surface area contributed by atoms with Gasteiger partial charge in [-0.3, -0.25) is 10.1 Å². The smallest absolute Gasteiger partial charge is 0.257 e. The maximum atomic E-state index is 12.5. The molecule has 1 aromatic heterocycles. The summed E-state index contributed by atoms with van der Waals surface area (Å²) in [6.45, 7) is 3.91. The van der Waals surface area contributed by atoms with Crippen molar-refractivity contribution in [3.8, 4) is 11.5 Å².